The van der Waals surface area contributed by atoms with Crippen LogP contribution in [0.3, 0.4) is 0 Å². The Labute approximate surface area is 185 Å². The lowest BCUT2D eigenvalue weighted by Gasteiger charge is -2.21. The number of carbonyl (C=O) groups is 1. The molecule has 0 aliphatic heterocycles. The van der Waals surface area contributed by atoms with Gasteiger partial charge in [-0.05, 0) is 32.9 Å². The zero-order chi connectivity index (χ0) is 24.3. The van der Waals surface area contributed by atoms with Gasteiger partial charge in [0.25, 0.3) is 5.91 Å². The molecule has 11 nitrogen and oxygen atoms in total. The van der Waals surface area contributed by atoms with Crippen LogP contribution in [-0.4, -0.2) is 46.1 Å². The van der Waals surface area contributed by atoms with Crippen molar-refractivity contribution in [3.05, 3.63) is 46.0 Å². The minimum Gasteiger partial charge on any atom is -0.493 e. The van der Waals surface area contributed by atoms with Crippen molar-refractivity contribution in [2.24, 2.45) is 0 Å². The molecular formula is C20H25N3O8S. The lowest BCUT2D eigenvalue weighted by Crippen LogP contribution is -2.40. The van der Waals surface area contributed by atoms with E-state index in [0.717, 1.165) is 6.07 Å². The van der Waals surface area contributed by atoms with Gasteiger partial charge in [-0.15, -0.1) is 0 Å². The van der Waals surface area contributed by atoms with E-state index in [9.17, 15) is 23.3 Å². The highest BCUT2D eigenvalue weighted by atomic mass is 32.2. The highest BCUT2D eigenvalue weighted by Gasteiger charge is 2.33. The molecule has 0 fully saturated rings. The molecule has 0 heterocycles. The Morgan fingerprint density at radius 1 is 1.03 bits per heavy atom. The van der Waals surface area contributed by atoms with Crippen molar-refractivity contribution >= 4 is 27.3 Å². The summed E-state index contributed by atoms with van der Waals surface area (Å²) < 4.78 is 43.6. The van der Waals surface area contributed by atoms with Crippen LogP contribution in [0.2, 0.25) is 0 Å². The molecule has 0 spiro atoms. The first-order valence-electron chi connectivity index (χ1n) is 9.28. The summed E-state index contributed by atoms with van der Waals surface area (Å²) in [6.07, 6.45) is 0. The van der Waals surface area contributed by atoms with Gasteiger partial charge in [0, 0.05) is 11.6 Å². The van der Waals surface area contributed by atoms with Crippen LogP contribution in [-0.2, 0) is 10.0 Å². The molecule has 0 atom stereocenters. The predicted molar refractivity (Wildman–Crippen MR) is 117 cm³/mol. The second-order valence-electron chi connectivity index (χ2n) is 7.60. The molecule has 2 N–H and O–H groups in total. The number of sulfonamides is 1. The predicted octanol–water partition coefficient (Wildman–Crippen LogP) is 2.95. The van der Waals surface area contributed by atoms with E-state index in [1.165, 1.54) is 45.6 Å². The van der Waals surface area contributed by atoms with Crippen molar-refractivity contribution in [3.63, 3.8) is 0 Å². The largest absolute Gasteiger partial charge is 0.493 e. The molecule has 0 radical (unpaired) electrons. The molecule has 2 aromatic rings. The molecule has 32 heavy (non-hydrogen) atoms. The van der Waals surface area contributed by atoms with E-state index in [1.54, 1.807) is 20.8 Å². The molecule has 0 aliphatic rings. The number of benzene rings is 2. The first kappa shape index (κ1) is 24.9. The standard InChI is InChI=1S/C20H25N3O8S/c1-20(2,3)22-32(27,28)15-10-8-7-9-13(15)21-19(24)12-11-14(29-4)17(30-5)18(31-6)16(12)23(25)26/h7-11,22H,1-6H3,(H,21,24). The third-order valence-electron chi connectivity index (χ3n) is 4.10. The molecule has 2 rings (SSSR count). The molecule has 1 amide bonds. The van der Waals surface area contributed by atoms with Crippen LogP contribution in [0.4, 0.5) is 11.4 Å². The van der Waals surface area contributed by atoms with Gasteiger partial charge in [0.1, 0.15) is 10.5 Å². The fourth-order valence-corrected chi connectivity index (χ4v) is 4.53. The number of para-hydroxylation sites is 1. The number of carbonyl (C=O) groups excluding carboxylic acids is 1. The molecule has 0 aliphatic carbocycles. The molecular weight excluding hydrogens is 442 g/mol. The van der Waals surface area contributed by atoms with Gasteiger partial charge in [-0.3, -0.25) is 14.9 Å². The molecule has 0 bridgehead atoms. The Morgan fingerprint density at radius 2 is 1.62 bits per heavy atom. The Morgan fingerprint density at radius 3 is 2.12 bits per heavy atom. The number of nitrogens with zero attached hydrogens (tertiary/aromatic N) is 1. The van der Waals surface area contributed by atoms with Crippen LogP contribution < -0.4 is 24.2 Å². The molecule has 0 saturated heterocycles. The second kappa shape index (κ2) is 9.40. The van der Waals surface area contributed by atoms with Crippen LogP contribution in [0.1, 0.15) is 31.1 Å². The van der Waals surface area contributed by atoms with Crippen LogP contribution in [0.15, 0.2) is 35.2 Å². The highest BCUT2D eigenvalue weighted by molar-refractivity contribution is 7.89. The summed E-state index contributed by atoms with van der Waals surface area (Å²) in [7, 11) is -0.253. The topological polar surface area (TPSA) is 146 Å². The Balaban J connectivity index is 2.62. The first-order chi connectivity index (χ1) is 14.9. The van der Waals surface area contributed by atoms with E-state index in [2.05, 4.69) is 10.0 Å². The van der Waals surface area contributed by atoms with E-state index in [0.29, 0.717) is 0 Å². The number of anilines is 1. The molecule has 0 saturated carbocycles. The van der Waals surface area contributed by atoms with E-state index in [1.807, 2.05) is 0 Å². The summed E-state index contributed by atoms with van der Waals surface area (Å²) in [6, 6.07) is 6.83. The summed E-state index contributed by atoms with van der Waals surface area (Å²) >= 11 is 0. The summed E-state index contributed by atoms with van der Waals surface area (Å²) in [4.78, 5) is 23.8. The van der Waals surface area contributed by atoms with E-state index in [4.69, 9.17) is 14.2 Å². The first-order valence-corrected chi connectivity index (χ1v) is 10.8. The molecule has 2 aromatic carbocycles. The van der Waals surface area contributed by atoms with Crippen molar-refractivity contribution in [1.29, 1.82) is 0 Å². The van der Waals surface area contributed by atoms with Gasteiger partial charge < -0.3 is 19.5 Å². The minimum absolute atomic E-state index is 0.0235. The number of nitrogens with one attached hydrogen (secondary N) is 2. The summed E-state index contributed by atoms with van der Waals surface area (Å²) in [6.45, 7) is 5.01. The number of ether oxygens (including phenoxy) is 3. The van der Waals surface area contributed by atoms with Gasteiger partial charge in [-0.25, -0.2) is 13.1 Å². The fraction of sp³-hybridized carbons (Fsp3) is 0.350. The average molecular weight is 468 g/mol. The lowest BCUT2D eigenvalue weighted by atomic mass is 10.1. The maximum absolute atomic E-state index is 13.1. The number of methoxy groups -OCH3 is 3. The number of nitro groups is 1. The Kier molecular flexibility index (Phi) is 7.31. The Hall–Kier alpha value is -3.38. The van der Waals surface area contributed by atoms with Crippen LogP contribution in [0.25, 0.3) is 0 Å². The zero-order valence-corrected chi connectivity index (χ0v) is 19.3. The number of hydrogen-bond acceptors (Lipinski definition) is 8. The SMILES string of the molecule is COc1cc(C(=O)Nc2ccccc2S(=O)(=O)NC(C)(C)C)c([N+](=O)[O-])c(OC)c1OC. The monoisotopic (exact) mass is 467 g/mol. The zero-order valence-electron chi connectivity index (χ0n) is 18.5. The van der Waals surface area contributed by atoms with Crippen molar-refractivity contribution in [1.82, 2.24) is 4.72 Å². The van der Waals surface area contributed by atoms with Crippen molar-refractivity contribution in [2.75, 3.05) is 26.6 Å². The molecule has 174 valence electrons. The minimum atomic E-state index is -4.01. The molecule has 12 heteroatoms. The molecule has 0 unspecified atom stereocenters. The van der Waals surface area contributed by atoms with Gasteiger partial charge >= 0.3 is 5.69 Å². The second-order valence-corrected chi connectivity index (χ2v) is 9.26. The summed E-state index contributed by atoms with van der Waals surface area (Å²) in [5, 5.41) is 14.2. The highest BCUT2D eigenvalue weighted by Crippen LogP contribution is 2.46. The lowest BCUT2D eigenvalue weighted by molar-refractivity contribution is -0.386. The number of rotatable bonds is 8. The van der Waals surface area contributed by atoms with Gasteiger partial charge in [0.15, 0.2) is 5.75 Å². The van der Waals surface area contributed by atoms with E-state index in [-0.39, 0.29) is 27.8 Å². The van der Waals surface area contributed by atoms with Crippen molar-refractivity contribution < 1.29 is 32.3 Å². The number of nitro benzene ring substituents is 1. The third kappa shape index (κ3) is 5.26. The smallest absolute Gasteiger partial charge is 0.327 e. The van der Waals surface area contributed by atoms with Crippen LogP contribution in [0.5, 0.6) is 17.2 Å². The van der Waals surface area contributed by atoms with E-state index < -0.39 is 37.6 Å². The van der Waals surface area contributed by atoms with Crippen molar-refractivity contribution in [3.8, 4) is 17.2 Å². The van der Waals surface area contributed by atoms with Crippen LogP contribution >= 0.6 is 0 Å². The summed E-state index contributed by atoms with van der Waals surface area (Å²) in [5.74, 6) is -1.28. The maximum Gasteiger partial charge on any atom is 0.327 e. The van der Waals surface area contributed by atoms with Crippen LogP contribution in [0, 0.1) is 10.1 Å². The normalized spacial score (nSPS) is 11.6. The number of hydrogen-bond donors (Lipinski definition) is 2. The van der Waals surface area contributed by atoms with Crippen molar-refractivity contribution in [2.45, 2.75) is 31.2 Å². The van der Waals surface area contributed by atoms with E-state index >= 15 is 0 Å². The fourth-order valence-electron chi connectivity index (χ4n) is 2.95. The van der Waals surface area contributed by atoms with Gasteiger partial charge in [-0.2, -0.15) is 0 Å². The quantitative estimate of drug-likeness (QED) is 0.445. The molecule has 0 aromatic heterocycles. The maximum atomic E-state index is 13.1. The average Bonchev–Trinajstić information content (AvgIpc) is 2.70. The van der Waals surface area contributed by atoms with Gasteiger partial charge in [-0.1, -0.05) is 12.1 Å². The van der Waals surface area contributed by atoms with Gasteiger partial charge in [0.2, 0.25) is 21.5 Å². The summed E-state index contributed by atoms with van der Waals surface area (Å²) in [5.41, 5.74) is -1.89. The Bertz CT molecular complexity index is 1140. The van der Waals surface area contributed by atoms with Gasteiger partial charge in [0.05, 0.1) is 31.9 Å². The number of amides is 1. The third-order valence-corrected chi connectivity index (χ3v) is 5.91.